The van der Waals surface area contributed by atoms with Crippen molar-refractivity contribution in [2.75, 3.05) is 18.5 Å². The van der Waals surface area contributed by atoms with Crippen LogP contribution >= 0.6 is 23.4 Å². The van der Waals surface area contributed by atoms with Gasteiger partial charge in [0.05, 0.1) is 22.1 Å². The summed E-state index contributed by atoms with van der Waals surface area (Å²) >= 11 is 6.85. The maximum atomic E-state index is 13.0. The summed E-state index contributed by atoms with van der Waals surface area (Å²) in [4.78, 5) is 51.4. The molecule has 41 heavy (non-hydrogen) atoms. The lowest BCUT2D eigenvalue weighted by atomic mass is 10.2. The second kappa shape index (κ2) is 14.0. The van der Waals surface area contributed by atoms with Crippen LogP contribution in [0.25, 0.3) is 6.08 Å². The topological polar surface area (TPSA) is 102 Å². The minimum atomic E-state index is -0.621. The molecule has 1 N–H and O–H groups in total. The molecule has 8 nitrogen and oxygen atoms in total. The number of carbonyl (C=O) groups excluding carboxylic acids is 4. The number of nitrogens with one attached hydrogen (secondary N) is 1. The van der Waals surface area contributed by atoms with Crippen LogP contribution in [0.4, 0.5) is 14.9 Å². The van der Waals surface area contributed by atoms with Gasteiger partial charge in [-0.3, -0.25) is 19.3 Å². The standard InChI is InChI=1S/C30H26ClFN2O6S/c1-2-3-14-39-29(37)24-16-22(10-13-25(24)31)33-27(35)17-34-28(36)26(41-30(34)38)15-19-6-11-23(12-7-19)40-18-20-4-8-21(32)9-5-20/h4-13,15-16H,2-3,14,17-18H2,1H3,(H,33,35)/b26-15-. The Morgan fingerprint density at radius 3 is 2.49 bits per heavy atom. The molecule has 0 bridgehead atoms. The molecule has 0 radical (unpaired) electrons. The first-order valence-corrected chi connectivity index (χ1v) is 13.9. The van der Waals surface area contributed by atoms with E-state index in [9.17, 15) is 23.6 Å². The average Bonchev–Trinajstić information content (AvgIpc) is 3.21. The van der Waals surface area contributed by atoms with E-state index in [0.717, 1.165) is 28.6 Å². The summed E-state index contributed by atoms with van der Waals surface area (Å²) in [5.74, 6) is -1.56. The number of anilines is 1. The Balaban J connectivity index is 1.34. The van der Waals surface area contributed by atoms with Crippen LogP contribution in [0.5, 0.6) is 5.75 Å². The molecule has 0 unspecified atom stereocenters. The van der Waals surface area contributed by atoms with Crippen LogP contribution in [0.15, 0.2) is 71.6 Å². The summed E-state index contributed by atoms with van der Waals surface area (Å²) in [7, 11) is 0. The van der Waals surface area contributed by atoms with E-state index in [1.54, 1.807) is 42.5 Å². The lowest BCUT2D eigenvalue weighted by molar-refractivity contribution is -0.127. The fourth-order valence-corrected chi connectivity index (χ4v) is 4.72. The minimum absolute atomic E-state index is 0.0987. The molecule has 3 aromatic carbocycles. The second-order valence-electron chi connectivity index (χ2n) is 8.98. The molecule has 1 saturated heterocycles. The van der Waals surface area contributed by atoms with Crippen molar-refractivity contribution in [3.63, 3.8) is 0 Å². The van der Waals surface area contributed by atoms with Crippen LogP contribution in [0, 0.1) is 5.82 Å². The molecule has 1 heterocycles. The van der Waals surface area contributed by atoms with Gasteiger partial charge >= 0.3 is 5.97 Å². The van der Waals surface area contributed by atoms with E-state index in [4.69, 9.17) is 21.1 Å². The van der Waals surface area contributed by atoms with Gasteiger partial charge in [-0.25, -0.2) is 9.18 Å². The van der Waals surface area contributed by atoms with Crippen molar-refractivity contribution in [1.29, 1.82) is 0 Å². The van der Waals surface area contributed by atoms with E-state index >= 15 is 0 Å². The van der Waals surface area contributed by atoms with E-state index in [0.29, 0.717) is 17.7 Å². The fourth-order valence-electron chi connectivity index (χ4n) is 3.69. The number of nitrogens with zero attached hydrogens (tertiary/aromatic N) is 1. The number of rotatable bonds is 11. The normalized spacial score (nSPS) is 13.9. The van der Waals surface area contributed by atoms with Gasteiger partial charge in [-0.2, -0.15) is 0 Å². The SMILES string of the molecule is CCCCOC(=O)c1cc(NC(=O)CN2C(=O)S/C(=C\c3ccc(OCc4ccc(F)cc4)cc3)C2=O)ccc1Cl. The third kappa shape index (κ3) is 8.18. The molecule has 0 atom stereocenters. The predicted molar refractivity (Wildman–Crippen MR) is 155 cm³/mol. The van der Waals surface area contributed by atoms with Gasteiger partial charge in [-0.1, -0.05) is 49.2 Å². The lowest BCUT2D eigenvalue weighted by Crippen LogP contribution is -2.36. The molecule has 3 aromatic rings. The summed E-state index contributed by atoms with van der Waals surface area (Å²) < 4.78 is 23.9. The van der Waals surface area contributed by atoms with Gasteiger partial charge in [0.1, 0.15) is 24.7 Å². The van der Waals surface area contributed by atoms with Gasteiger partial charge in [-0.05, 0) is 77.9 Å². The molecule has 1 aliphatic rings. The molecule has 1 aliphatic heterocycles. The number of imide groups is 1. The van der Waals surface area contributed by atoms with Crippen molar-refractivity contribution in [1.82, 2.24) is 4.90 Å². The molecule has 0 saturated carbocycles. The van der Waals surface area contributed by atoms with E-state index in [-0.39, 0.29) is 40.2 Å². The monoisotopic (exact) mass is 596 g/mol. The van der Waals surface area contributed by atoms with Gasteiger partial charge in [0, 0.05) is 5.69 Å². The highest BCUT2D eigenvalue weighted by Crippen LogP contribution is 2.32. The number of halogens is 2. The van der Waals surface area contributed by atoms with Crippen LogP contribution in [0.3, 0.4) is 0 Å². The Morgan fingerprint density at radius 1 is 1.05 bits per heavy atom. The Bertz CT molecular complexity index is 1480. The highest BCUT2D eigenvalue weighted by Gasteiger charge is 2.36. The summed E-state index contributed by atoms with van der Waals surface area (Å²) in [6, 6.07) is 17.2. The molecule has 0 aliphatic carbocycles. The molecule has 3 amide bonds. The average molecular weight is 597 g/mol. The summed E-state index contributed by atoms with van der Waals surface area (Å²) in [5.41, 5.74) is 1.84. The summed E-state index contributed by atoms with van der Waals surface area (Å²) in [6.45, 7) is 1.99. The Hall–Kier alpha value is -4.15. The number of hydrogen-bond acceptors (Lipinski definition) is 7. The van der Waals surface area contributed by atoms with Crippen LogP contribution in [-0.4, -0.2) is 41.1 Å². The number of carbonyl (C=O) groups is 4. The largest absolute Gasteiger partial charge is 0.489 e. The number of esters is 1. The highest BCUT2D eigenvalue weighted by molar-refractivity contribution is 8.18. The van der Waals surface area contributed by atoms with Crippen LogP contribution in [0.2, 0.25) is 5.02 Å². The van der Waals surface area contributed by atoms with Gasteiger partial charge in [0.25, 0.3) is 11.1 Å². The van der Waals surface area contributed by atoms with Gasteiger partial charge in [0.2, 0.25) is 5.91 Å². The fraction of sp³-hybridized carbons (Fsp3) is 0.200. The van der Waals surface area contributed by atoms with Crippen LogP contribution in [-0.2, 0) is 20.9 Å². The van der Waals surface area contributed by atoms with Crippen molar-refractivity contribution < 1.29 is 33.0 Å². The Labute approximate surface area is 245 Å². The molecule has 0 spiro atoms. The van der Waals surface area contributed by atoms with Crippen LogP contribution < -0.4 is 10.1 Å². The zero-order chi connectivity index (χ0) is 29.4. The summed E-state index contributed by atoms with van der Waals surface area (Å²) in [5, 5.41) is 2.18. The molecular weight excluding hydrogens is 571 g/mol. The molecule has 1 fully saturated rings. The third-order valence-electron chi connectivity index (χ3n) is 5.87. The van der Waals surface area contributed by atoms with Gasteiger partial charge in [0.15, 0.2) is 0 Å². The third-order valence-corrected chi connectivity index (χ3v) is 7.11. The quantitative estimate of drug-likeness (QED) is 0.149. The molecule has 0 aromatic heterocycles. The molecule has 4 rings (SSSR count). The van der Waals surface area contributed by atoms with E-state index in [1.807, 2.05) is 6.92 Å². The minimum Gasteiger partial charge on any atom is -0.489 e. The number of hydrogen-bond donors (Lipinski definition) is 1. The van der Waals surface area contributed by atoms with Crippen molar-refractivity contribution in [2.24, 2.45) is 0 Å². The predicted octanol–water partition coefficient (Wildman–Crippen LogP) is 6.69. The Kier molecular flexibility index (Phi) is 10.2. The van der Waals surface area contributed by atoms with Gasteiger partial charge in [-0.15, -0.1) is 0 Å². The number of unbranched alkanes of at least 4 members (excludes halogenated alkanes) is 1. The van der Waals surface area contributed by atoms with E-state index in [1.165, 1.54) is 30.3 Å². The molecular formula is C30H26ClFN2O6S. The molecule has 11 heteroatoms. The van der Waals surface area contributed by atoms with E-state index < -0.39 is 29.6 Å². The lowest BCUT2D eigenvalue weighted by Gasteiger charge is -2.13. The van der Waals surface area contributed by atoms with Crippen LogP contribution in [0.1, 0.15) is 41.3 Å². The Morgan fingerprint density at radius 2 is 1.78 bits per heavy atom. The first kappa shape index (κ1) is 29.8. The van der Waals surface area contributed by atoms with Crippen molar-refractivity contribution in [2.45, 2.75) is 26.4 Å². The van der Waals surface area contributed by atoms with Crippen molar-refractivity contribution >= 4 is 58.1 Å². The number of thioether (sulfide) groups is 1. The maximum Gasteiger partial charge on any atom is 0.339 e. The first-order valence-electron chi connectivity index (χ1n) is 12.7. The van der Waals surface area contributed by atoms with Crippen molar-refractivity contribution in [3.8, 4) is 5.75 Å². The smallest absolute Gasteiger partial charge is 0.339 e. The van der Waals surface area contributed by atoms with Crippen molar-refractivity contribution in [3.05, 3.63) is 99.2 Å². The van der Waals surface area contributed by atoms with Gasteiger partial charge < -0.3 is 14.8 Å². The number of ether oxygens (including phenoxy) is 2. The summed E-state index contributed by atoms with van der Waals surface area (Å²) in [6.07, 6.45) is 3.13. The second-order valence-corrected chi connectivity index (χ2v) is 10.4. The first-order chi connectivity index (χ1) is 19.7. The molecule has 212 valence electrons. The zero-order valence-electron chi connectivity index (χ0n) is 22.0. The van der Waals surface area contributed by atoms with E-state index in [2.05, 4.69) is 5.32 Å². The maximum absolute atomic E-state index is 13.0. The number of benzene rings is 3. The highest BCUT2D eigenvalue weighted by atomic mass is 35.5. The zero-order valence-corrected chi connectivity index (χ0v) is 23.6. The number of amides is 3.